The number of nitrogens with zero attached hydrogens (tertiary/aromatic N) is 1. The third-order valence-corrected chi connectivity index (χ3v) is 4.04. The molecule has 0 unspecified atom stereocenters. The summed E-state index contributed by atoms with van der Waals surface area (Å²) in [7, 11) is 3.55. The van der Waals surface area contributed by atoms with Crippen LogP contribution in [0, 0.1) is 0 Å². The molecule has 1 saturated heterocycles. The SMILES string of the molecule is CN[C@@H]1CCCN(C(=O)c2sccc2OC)C1. The second kappa shape index (κ2) is 5.51. The first kappa shape index (κ1) is 12.4. The van der Waals surface area contributed by atoms with E-state index in [1.807, 2.05) is 23.4 Å². The van der Waals surface area contributed by atoms with Crippen LogP contribution in [0.1, 0.15) is 22.5 Å². The van der Waals surface area contributed by atoms with E-state index < -0.39 is 0 Å². The number of carbonyl (C=O) groups excluding carboxylic acids is 1. The Hall–Kier alpha value is -1.07. The molecule has 5 heteroatoms. The number of hydrogen-bond acceptors (Lipinski definition) is 4. The molecule has 1 aromatic heterocycles. The lowest BCUT2D eigenvalue weighted by molar-refractivity contribution is 0.0700. The van der Waals surface area contributed by atoms with Gasteiger partial charge in [-0.05, 0) is 31.3 Å². The first-order valence-electron chi connectivity index (χ1n) is 5.84. The van der Waals surface area contributed by atoms with E-state index in [1.54, 1.807) is 7.11 Å². The van der Waals surface area contributed by atoms with Crippen molar-refractivity contribution < 1.29 is 9.53 Å². The van der Waals surface area contributed by atoms with E-state index in [9.17, 15) is 4.79 Å². The molecule has 0 saturated carbocycles. The molecule has 1 fully saturated rings. The van der Waals surface area contributed by atoms with E-state index in [1.165, 1.54) is 11.3 Å². The van der Waals surface area contributed by atoms with Crippen LogP contribution in [0.4, 0.5) is 0 Å². The molecule has 1 aliphatic rings. The van der Waals surface area contributed by atoms with E-state index in [0.717, 1.165) is 25.9 Å². The molecule has 1 aliphatic heterocycles. The fraction of sp³-hybridized carbons (Fsp3) is 0.583. The van der Waals surface area contributed by atoms with Gasteiger partial charge in [-0.25, -0.2) is 0 Å². The first-order chi connectivity index (χ1) is 8.26. The lowest BCUT2D eigenvalue weighted by atomic mass is 10.1. The van der Waals surface area contributed by atoms with Crippen molar-refractivity contribution in [3.63, 3.8) is 0 Å². The molecule has 1 amide bonds. The van der Waals surface area contributed by atoms with Crippen molar-refractivity contribution in [2.45, 2.75) is 18.9 Å². The van der Waals surface area contributed by atoms with Crippen LogP contribution in [0.3, 0.4) is 0 Å². The third-order valence-electron chi connectivity index (χ3n) is 3.16. The van der Waals surface area contributed by atoms with Gasteiger partial charge in [-0.1, -0.05) is 0 Å². The molecule has 2 rings (SSSR count). The lowest BCUT2D eigenvalue weighted by Gasteiger charge is -2.32. The molecule has 0 aliphatic carbocycles. The van der Waals surface area contributed by atoms with Crippen LogP contribution in [0.5, 0.6) is 5.75 Å². The van der Waals surface area contributed by atoms with E-state index in [4.69, 9.17) is 4.74 Å². The van der Waals surface area contributed by atoms with Crippen molar-refractivity contribution in [1.29, 1.82) is 0 Å². The lowest BCUT2D eigenvalue weighted by Crippen LogP contribution is -2.46. The maximum Gasteiger partial charge on any atom is 0.267 e. The van der Waals surface area contributed by atoms with Crippen LogP contribution < -0.4 is 10.1 Å². The zero-order valence-electron chi connectivity index (χ0n) is 10.2. The summed E-state index contributed by atoms with van der Waals surface area (Å²) < 4.78 is 5.20. The van der Waals surface area contributed by atoms with Crippen LogP contribution in [0.25, 0.3) is 0 Å². The van der Waals surface area contributed by atoms with E-state index >= 15 is 0 Å². The number of methoxy groups -OCH3 is 1. The highest BCUT2D eigenvalue weighted by molar-refractivity contribution is 7.12. The van der Waals surface area contributed by atoms with Crippen molar-refractivity contribution in [3.8, 4) is 5.75 Å². The average molecular weight is 254 g/mol. The van der Waals surface area contributed by atoms with Crippen LogP contribution in [-0.4, -0.2) is 44.1 Å². The Morgan fingerprint density at radius 3 is 3.18 bits per heavy atom. The topological polar surface area (TPSA) is 41.6 Å². The number of piperidine rings is 1. The quantitative estimate of drug-likeness (QED) is 0.890. The van der Waals surface area contributed by atoms with Gasteiger partial charge in [0.25, 0.3) is 5.91 Å². The molecule has 0 radical (unpaired) electrons. The normalized spacial score (nSPS) is 20.4. The number of amides is 1. The minimum atomic E-state index is 0.0943. The maximum absolute atomic E-state index is 12.3. The summed E-state index contributed by atoms with van der Waals surface area (Å²) in [4.78, 5) is 15.0. The van der Waals surface area contributed by atoms with Crippen molar-refractivity contribution in [3.05, 3.63) is 16.3 Å². The maximum atomic E-state index is 12.3. The van der Waals surface area contributed by atoms with Gasteiger partial charge in [-0.3, -0.25) is 4.79 Å². The summed E-state index contributed by atoms with van der Waals surface area (Å²) in [6, 6.07) is 2.26. The summed E-state index contributed by atoms with van der Waals surface area (Å²) in [5.41, 5.74) is 0. The highest BCUT2D eigenvalue weighted by Gasteiger charge is 2.26. The summed E-state index contributed by atoms with van der Waals surface area (Å²) in [6.45, 7) is 1.63. The minimum Gasteiger partial charge on any atom is -0.495 e. The fourth-order valence-electron chi connectivity index (χ4n) is 2.16. The molecule has 2 heterocycles. The van der Waals surface area contributed by atoms with Crippen molar-refractivity contribution >= 4 is 17.2 Å². The molecule has 1 N–H and O–H groups in total. The van der Waals surface area contributed by atoms with Gasteiger partial charge in [0.15, 0.2) is 0 Å². The number of likely N-dealkylation sites (tertiary alicyclic amines) is 1. The second-order valence-electron chi connectivity index (χ2n) is 4.20. The highest BCUT2D eigenvalue weighted by atomic mass is 32.1. The molecule has 4 nitrogen and oxygen atoms in total. The smallest absolute Gasteiger partial charge is 0.267 e. The van der Waals surface area contributed by atoms with Crippen LogP contribution >= 0.6 is 11.3 Å². The summed E-state index contributed by atoms with van der Waals surface area (Å²) in [5.74, 6) is 0.781. The van der Waals surface area contributed by atoms with Crippen LogP contribution in [-0.2, 0) is 0 Å². The van der Waals surface area contributed by atoms with Crippen molar-refractivity contribution in [2.24, 2.45) is 0 Å². The first-order valence-corrected chi connectivity index (χ1v) is 6.72. The Bertz CT molecular complexity index is 392. The van der Waals surface area contributed by atoms with Crippen molar-refractivity contribution in [1.82, 2.24) is 10.2 Å². The van der Waals surface area contributed by atoms with E-state index in [-0.39, 0.29) is 5.91 Å². The van der Waals surface area contributed by atoms with Gasteiger partial charge in [-0.15, -0.1) is 11.3 Å². The van der Waals surface area contributed by atoms with Crippen molar-refractivity contribution in [2.75, 3.05) is 27.2 Å². The third kappa shape index (κ3) is 2.61. The molecule has 0 aromatic carbocycles. The molecule has 0 bridgehead atoms. The number of rotatable bonds is 3. The predicted octanol–water partition coefficient (Wildman–Crippen LogP) is 1.58. The van der Waals surface area contributed by atoms with Crippen LogP contribution in [0.2, 0.25) is 0 Å². The van der Waals surface area contributed by atoms with Gasteiger partial charge in [0.2, 0.25) is 0 Å². The monoisotopic (exact) mass is 254 g/mol. The number of nitrogens with one attached hydrogen (secondary N) is 1. The average Bonchev–Trinajstić information content (AvgIpc) is 2.86. The van der Waals surface area contributed by atoms with Gasteiger partial charge >= 0.3 is 0 Å². The zero-order chi connectivity index (χ0) is 12.3. The van der Waals surface area contributed by atoms with Gasteiger partial charge < -0.3 is 15.0 Å². The number of hydrogen-bond donors (Lipinski definition) is 1. The Labute approximate surface area is 106 Å². The van der Waals surface area contributed by atoms with E-state index in [2.05, 4.69) is 5.32 Å². The van der Waals surface area contributed by atoms with Gasteiger partial charge in [0.1, 0.15) is 10.6 Å². The zero-order valence-corrected chi connectivity index (χ0v) is 11.0. The second-order valence-corrected chi connectivity index (χ2v) is 5.11. The molecule has 17 heavy (non-hydrogen) atoms. The van der Waals surface area contributed by atoms with Gasteiger partial charge in [0, 0.05) is 19.1 Å². The highest BCUT2D eigenvalue weighted by Crippen LogP contribution is 2.27. The number of likely N-dealkylation sites (N-methyl/N-ethyl adjacent to an activating group) is 1. The molecular formula is C12H18N2O2S. The Morgan fingerprint density at radius 2 is 2.47 bits per heavy atom. The fourth-order valence-corrected chi connectivity index (χ4v) is 2.98. The molecule has 1 atom stereocenters. The van der Waals surface area contributed by atoms with Gasteiger partial charge in [-0.2, -0.15) is 0 Å². The summed E-state index contributed by atoms with van der Waals surface area (Å²) in [6.07, 6.45) is 2.20. The minimum absolute atomic E-state index is 0.0943. The predicted molar refractivity (Wildman–Crippen MR) is 68.9 cm³/mol. The summed E-state index contributed by atoms with van der Waals surface area (Å²) >= 11 is 1.45. The number of carbonyl (C=O) groups is 1. The molecule has 0 spiro atoms. The Kier molecular flexibility index (Phi) is 4.02. The van der Waals surface area contributed by atoms with Gasteiger partial charge in [0.05, 0.1) is 7.11 Å². The standard InChI is InChI=1S/C12H18N2O2S/c1-13-9-4-3-6-14(8-9)12(15)11-10(16-2)5-7-17-11/h5,7,9,13H,3-4,6,8H2,1-2H3/t9-/m1/s1. The number of ether oxygens (including phenoxy) is 1. The summed E-state index contributed by atoms with van der Waals surface area (Å²) in [5, 5.41) is 5.14. The largest absolute Gasteiger partial charge is 0.495 e. The number of thiophene rings is 1. The van der Waals surface area contributed by atoms with Crippen LogP contribution in [0.15, 0.2) is 11.4 Å². The Morgan fingerprint density at radius 1 is 1.65 bits per heavy atom. The molecule has 1 aromatic rings. The molecule has 94 valence electrons. The molecular weight excluding hydrogens is 236 g/mol. The Balaban J connectivity index is 2.09. The van der Waals surface area contributed by atoms with E-state index in [0.29, 0.717) is 16.7 Å².